The SMILES string of the molecule is Cc1nc(Cl)nc(Nc2c(F)cccc2Cl)c1[N+](=O)[O-]. The summed E-state index contributed by atoms with van der Waals surface area (Å²) in [6, 6.07) is 4.01. The fourth-order valence-corrected chi connectivity index (χ4v) is 2.00. The van der Waals surface area contributed by atoms with Crippen molar-refractivity contribution in [3.8, 4) is 0 Å². The molecule has 1 aromatic heterocycles. The predicted octanol–water partition coefficient (Wildman–Crippen LogP) is 3.88. The quantitative estimate of drug-likeness (QED) is 0.528. The summed E-state index contributed by atoms with van der Waals surface area (Å²) < 4.78 is 13.7. The highest BCUT2D eigenvalue weighted by molar-refractivity contribution is 6.33. The van der Waals surface area contributed by atoms with Crippen LogP contribution in [0.25, 0.3) is 0 Å². The molecule has 0 aliphatic carbocycles. The molecule has 0 fully saturated rings. The van der Waals surface area contributed by atoms with E-state index in [1.807, 2.05) is 0 Å². The Bertz CT molecular complexity index is 676. The molecule has 2 aromatic rings. The first-order chi connectivity index (χ1) is 9.40. The number of nitro groups is 1. The van der Waals surface area contributed by atoms with Gasteiger partial charge in [-0.1, -0.05) is 17.7 Å². The van der Waals surface area contributed by atoms with Gasteiger partial charge in [-0.05, 0) is 30.7 Å². The smallest absolute Gasteiger partial charge is 0.331 e. The van der Waals surface area contributed by atoms with E-state index in [1.165, 1.54) is 19.1 Å². The van der Waals surface area contributed by atoms with Gasteiger partial charge in [0.2, 0.25) is 11.1 Å². The van der Waals surface area contributed by atoms with Crippen LogP contribution >= 0.6 is 23.2 Å². The Morgan fingerprint density at radius 2 is 2.05 bits per heavy atom. The molecule has 1 aromatic carbocycles. The van der Waals surface area contributed by atoms with Crippen molar-refractivity contribution in [2.24, 2.45) is 0 Å². The monoisotopic (exact) mass is 316 g/mol. The zero-order valence-corrected chi connectivity index (χ0v) is 11.5. The van der Waals surface area contributed by atoms with Gasteiger partial charge in [0.25, 0.3) is 0 Å². The van der Waals surface area contributed by atoms with Crippen LogP contribution in [-0.2, 0) is 0 Å². The van der Waals surface area contributed by atoms with E-state index in [0.717, 1.165) is 6.07 Å². The number of anilines is 2. The minimum atomic E-state index is -0.678. The molecule has 20 heavy (non-hydrogen) atoms. The van der Waals surface area contributed by atoms with Crippen LogP contribution in [0.3, 0.4) is 0 Å². The van der Waals surface area contributed by atoms with Gasteiger partial charge < -0.3 is 5.32 Å². The number of hydrogen-bond acceptors (Lipinski definition) is 5. The molecule has 104 valence electrons. The van der Waals surface area contributed by atoms with Gasteiger partial charge in [0, 0.05) is 0 Å². The number of aromatic nitrogens is 2. The maximum absolute atomic E-state index is 13.7. The third-order valence-electron chi connectivity index (χ3n) is 2.42. The molecule has 0 atom stereocenters. The molecule has 0 amide bonds. The fourth-order valence-electron chi connectivity index (χ4n) is 1.57. The lowest BCUT2D eigenvalue weighted by molar-refractivity contribution is -0.385. The lowest BCUT2D eigenvalue weighted by atomic mass is 10.3. The van der Waals surface area contributed by atoms with E-state index in [4.69, 9.17) is 23.2 Å². The van der Waals surface area contributed by atoms with Crippen molar-refractivity contribution in [1.29, 1.82) is 0 Å². The van der Waals surface area contributed by atoms with Gasteiger partial charge in [0.1, 0.15) is 11.5 Å². The zero-order valence-electron chi connectivity index (χ0n) is 10.0. The number of para-hydroxylation sites is 1. The van der Waals surface area contributed by atoms with E-state index in [-0.39, 0.29) is 27.5 Å². The molecule has 2 rings (SSSR count). The molecule has 0 spiro atoms. The van der Waals surface area contributed by atoms with Gasteiger partial charge >= 0.3 is 5.69 Å². The number of benzene rings is 1. The highest BCUT2D eigenvalue weighted by Crippen LogP contribution is 2.33. The first kappa shape index (κ1) is 14.4. The van der Waals surface area contributed by atoms with Crippen LogP contribution < -0.4 is 5.32 Å². The van der Waals surface area contributed by atoms with Crippen LogP contribution in [0.5, 0.6) is 0 Å². The second-order valence-electron chi connectivity index (χ2n) is 3.75. The molecule has 0 bridgehead atoms. The highest BCUT2D eigenvalue weighted by Gasteiger charge is 2.23. The van der Waals surface area contributed by atoms with Crippen LogP contribution in [0, 0.1) is 22.9 Å². The molecule has 0 radical (unpaired) electrons. The Hall–Kier alpha value is -1.99. The topological polar surface area (TPSA) is 81.0 Å². The van der Waals surface area contributed by atoms with E-state index in [1.54, 1.807) is 0 Å². The maximum atomic E-state index is 13.7. The van der Waals surface area contributed by atoms with Crippen molar-refractivity contribution < 1.29 is 9.31 Å². The number of aryl methyl sites for hydroxylation is 1. The van der Waals surface area contributed by atoms with Crippen LogP contribution in [0.1, 0.15) is 5.69 Å². The molecule has 0 saturated heterocycles. The van der Waals surface area contributed by atoms with Gasteiger partial charge in [-0.3, -0.25) is 10.1 Å². The molecule has 0 aliphatic rings. The maximum Gasteiger partial charge on any atom is 0.332 e. The van der Waals surface area contributed by atoms with Crippen molar-refractivity contribution >= 4 is 40.4 Å². The summed E-state index contributed by atoms with van der Waals surface area (Å²) in [5.41, 5.74) is -0.454. The molecule has 0 saturated carbocycles. The van der Waals surface area contributed by atoms with Gasteiger partial charge in [0.15, 0.2) is 0 Å². The summed E-state index contributed by atoms with van der Waals surface area (Å²) in [4.78, 5) is 17.7. The summed E-state index contributed by atoms with van der Waals surface area (Å²) in [6.07, 6.45) is 0. The summed E-state index contributed by atoms with van der Waals surface area (Å²) in [5.74, 6) is -0.890. The number of rotatable bonds is 3. The molecule has 0 aliphatic heterocycles. The lowest BCUT2D eigenvalue weighted by Crippen LogP contribution is -2.05. The Morgan fingerprint density at radius 3 is 2.65 bits per heavy atom. The number of nitrogens with zero attached hydrogens (tertiary/aromatic N) is 3. The summed E-state index contributed by atoms with van der Waals surface area (Å²) in [7, 11) is 0. The first-order valence-corrected chi connectivity index (χ1v) is 6.05. The van der Waals surface area contributed by atoms with E-state index >= 15 is 0 Å². The van der Waals surface area contributed by atoms with Crippen LogP contribution in [0.2, 0.25) is 10.3 Å². The molecule has 9 heteroatoms. The molecule has 1 N–H and O–H groups in total. The summed E-state index contributed by atoms with van der Waals surface area (Å²) in [5, 5.41) is 13.4. The van der Waals surface area contributed by atoms with Crippen molar-refractivity contribution in [1.82, 2.24) is 9.97 Å². The highest BCUT2D eigenvalue weighted by atomic mass is 35.5. The number of halogens is 3. The Labute approximate surface area is 122 Å². The van der Waals surface area contributed by atoms with E-state index in [2.05, 4.69) is 15.3 Å². The molecule has 6 nitrogen and oxygen atoms in total. The third kappa shape index (κ3) is 2.78. The minimum absolute atomic E-state index is 0.0601. The van der Waals surface area contributed by atoms with Crippen molar-refractivity contribution in [3.63, 3.8) is 0 Å². The average molecular weight is 317 g/mol. The Kier molecular flexibility index (Phi) is 4.01. The van der Waals surface area contributed by atoms with Crippen LogP contribution in [0.4, 0.5) is 21.6 Å². The molecule has 1 heterocycles. The Morgan fingerprint density at radius 1 is 1.35 bits per heavy atom. The second kappa shape index (κ2) is 5.56. The van der Waals surface area contributed by atoms with E-state index in [9.17, 15) is 14.5 Å². The molecular formula is C11H7Cl2FN4O2. The predicted molar refractivity (Wildman–Crippen MR) is 73.1 cm³/mol. The van der Waals surface area contributed by atoms with Gasteiger partial charge in [0.05, 0.1) is 15.6 Å². The van der Waals surface area contributed by atoms with Gasteiger partial charge in [-0.15, -0.1) is 0 Å². The minimum Gasteiger partial charge on any atom is -0.331 e. The van der Waals surface area contributed by atoms with Crippen LogP contribution in [0.15, 0.2) is 18.2 Å². The Balaban J connectivity index is 2.56. The normalized spacial score (nSPS) is 10.4. The number of nitrogens with one attached hydrogen (secondary N) is 1. The van der Waals surface area contributed by atoms with E-state index in [0.29, 0.717) is 0 Å². The molecular weight excluding hydrogens is 310 g/mol. The first-order valence-electron chi connectivity index (χ1n) is 5.29. The third-order valence-corrected chi connectivity index (χ3v) is 2.90. The summed E-state index contributed by atoms with van der Waals surface area (Å²) >= 11 is 11.5. The fraction of sp³-hybridized carbons (Fsp3) is 0.0909. The standard InChI is InChI=1S/C11H7Cl2FN4O2/c1-5-9(18(19)20)10(17-11(13)15-5)16-8-6(12)3-2-4-7(8)14/h2-4H,1H3,(H,15,16,17). The average Bonchev–Trinajstić information content (AvgIpc) is 2.32. The van der Waals surface area contributed by atoms with Gasteiger partial charge in [-0.25, -0.2) is 9.37 Å². The van der Waals surface area contributed by atoms with Crippen LogP contribution in [-0.4, -0.2) is 14.9 Å². The molecule has 0 unspecified atom stereocenters. The van der Waals surface area contributed by atoms with Crippen molar-refractivity contribution in [2.75, 3.05) is 5.32 Å². The second-order valence-corrected chi connectivity index (χ2v) is 4.50. The van der Waals surface area contributed by atoms with Crippen molar-refractivity contribution in [3.05, 3.63) is 50.1 Å². The zero-order chi connectivity index (χ0) is 14.9. The van der Waals surface area contributed by atoms with E-state index < -0.39 is 16.4 Å². The van der Waals surface area contributed by atoms with Gasteiger partial charge in [-0.2, -0.15) is 4.98 Å². The largest absolute Gasteiger partial charge is 0.332 e. The van der Waals surface area contributed by atoms with Crippen molar-refractivity contribution in [2.45, 2.75) is 6.92 Å². The number of hydrogen-bond donors (Lipinski definition) is 1. The lowest BCUT2D eigenvalue weighted by Gasteiger charge is -2.10. The summed E-state index contributed by atoms with van der Waals surface area (Å²) in [6.45, 7) is 1.40.